The summed E-state index contributed by atoms with van der Waals surface area (Å²) in [5.41, 5.74) is 0. The van der Waals surface area contributed by atoms with E-state index in [-0.39, 0.29) is 0 Å². The highest BCUT2D eigenvalue weighted by molar-refractivity contribution is 4.79. The predicted molar refractivity (Wildman–Crippen MR) is 91.2 cm³/mol. The van der Waals surface area contributed by atoms with Gasteiger partial charge in [-0.25, -0.2) is 0 Å². The van der Waals surface area contributed by atoms with E-state index >= 15 is 0 Å². The molecule has 0 amide bonds. The summed E-state index contributed by atoms with van der Waals surface area (Å²) in [5.74, 6) is 0.948. The second-order valence-corrected chi connectivity index (χ2v) is 7.04. The summed E-state index contributed by atoms with van der Waals surface area (Å²) >= 11 is 0. The van der Waals surface area contributed by atoms with E-state index in [4.69, 9.17) is 0 Å². The highest BCUT2D eigenvalue weighted by Gasteiger charge is 2.22. The molecule has 20 heavy (non-hydrogen) atoms. The zero-order valence-electron chi connectivity index (χ0n) is 14.4. The molecule has 1 rings (SSSR count). The molecule has 1 aliphatic carbocycles. The minimum Gasteiger partial charge on any atom is -0.311 e. The van der Waals surface area contributed by atoms with Crippen LogP contribution in [0.5, 0.6) is 0 Å². The average Bonchev–Trinajstić information content (AvgIpc) is 2.48. The lowest BCUT2D eigenvalue weighted by atomic mass is 9.84. The molecular weight excluding hydrogens is 242 g/mol. The van der Waals surface area contributed by atoms with Crippen LogP contribution in [0.4, 0.5) is 0 Å². The molecule has 1 fully saturated rings. The SMILES string of the molecule is CCCCCC(CCCCC)NC(C)C1CCCCC1. The Kier molecular flexibility index (Phi) is 10.4. The van der Waals surface area contributed by atoms with Crippen LogP contribution < -0.4 is 5.32 Å². The predicted octanol–water partition coefficient (Wildman–Crippen LogP) is 6.07. The van der Waals surface area contributed by atoms with Crippen molar-refractivity contribution >= 4 is 0 Å². The van der Waals surface area contributed by atoms with E-state index in [2.05, 4.69) is 26.1 Å². The Bertz CT molecular complexity index is 198. The van der Waals surface area contributed by atoms with E-state index in [1.54, 1.807) is 0 Å². The number of unbranched alkanes of at least 4 members (excludes halogenated alkanes) is 4. The Balaban J connectivity index is 2.31. The van der Waals surface area contributed by atoms with Gasteiger partial charge in [0.25, 0.3) is 0 Å². The van der Waals surface area contributed by atoms with Crippen molar-refractivity contribution in [2.75, 3.05) is 0 Å². The Morgan fingerprint density at radius 2 is 1.40 bits per heavy atom. The van der Waals surface area contributed by atoms with Gasteiger partial charge in [0.05, 0.1) is 0 Å². The molecule has 0 saturated heterocycles. The first-order valence-electron chi connectivity index (χ1n) is 9.54. The third-order valence-corrected chi connectivity index (χ3v) is 5.17. The maximum Gasteiger partial charge on any atom is 0.00696 e. The van der Waals surface area contributed by atoms with Gasteiger partial charge >= 0.3 is 0 Å². The molecule has 0 bridgehead atoms. The Labute approximate surface area is 128 Å². The maximum absolute atomic E-state index is 4.00. The van der Waals surface area contributed by atoms with E-state index in [0.29, 0.717) is 0 Å². The fraction of sp³-hybridized carbons (Fsp3) is 1.00. The smallest absolute Gasteiger partial charge is 0.00696 e. The van der Waals surface area contributed by atoms with Crippen molar-refractivity contribution in [3.05, 3.63) is 0 Å². The van der Waals surface area contributed by atoms with E-state index in [0.717, 1.165) is 18.0 Å². The van der Waals surface area contributed by atoms with Crippen LogP contribution in [0.3, 0.4) is 0 Å². The van der Waals surface area contributed by atoms with Crippen LogP contribution >= 0.6 is 0 Å². The molecule has 1 nitrogen and oxygen atoms in total. The number of rotatable bonds is 11. The van der Waals surface area contributed by atoms with Crippen molar-refractivity contribution in [3.8, 4) is 0 Å². The summed E-state index contributed by atoms with van der Waals surface area (Å²) in [7, 11) is 0. The summed E-state index contributed by atoms with van der Waals surface area (Å²) in [6.07, 6.45) is 18.5. The van der Waals surface area contributed by atoms with Crippen molar-refractivity contribution in [2.24, 2.45) is 5.92 Å². The summed E-state index contributed by atoms with van der Waals surface area (Å²) < 4.78 is 0. The van der Waals surface area contributed by atoms with Crippen molar-refractivity contribution in [2.45, 2.75) is 116 Å². The van der Waals surface area contributed by atoms with E-state index in [1.807, 2.05) is 0 Å². The van der Waals surface area contributed by atoms with Gasteiger partial charge in [-0.2, -0.15) is 0 Å². The zero-order chi connectivity index (χ0) is 14.6. The summed E-state index contributed by atoms with van der Waals surface area (Å²) in [6.45, 7) is 7.07. The van der Waals surface area contributed by atoms with Gasteiger partial charge in [-0.3, -0.25) is 0 Å². The third-order valence-electron chi connectivity index (χ3n) is 5.17. The first-order chi connectivity index (χ1) is 9.77. The van der Waals surface area contributed by atoms with Crippen LogP contribution in [0, 0.1) is 5.92 Å². The molecule has 1 atom stereocenters. The summed E-state index contributed by atoms with van der Waals surface area (Å²) in [5, 5.41) is 4.00. The van der Waals surface area contributed by atoms with Crippen LogP contribution in [0.25, 0.3) is 0 Å². The van der Waals surface area contributed by atoms with Gasteiger partial charge in [0.1, 0.15) is 0 Å². The van der Waals surface area contributed by atoms with Crippen LogP contribution in [-0.4, -0.2) is 12.1 Å². The maximum atomic E-state index is 4.00. The third kappa shape index (κ3) is 7.67. The molecule has 0 aliphatic heterocycles. The highest BCUT2D eigenvalue weighted by atomic mass is 14.9. The lowest BCUT2D eigenvalue weighted by Crippen LogP contribution is -2.41. The van der Waals surface area contributed by atoms with Gasteiger partial charge in [0.2, 0.25) is 0 Å². The molecule has 0 radical (unpaired) electrons. The molecule has 120 valence electrons. The molecular formula is C19H39N. The van der Waals surface area contributed by atoms with Gasteiger partial charge in [-0.05, 0) is 38.5 Å². The first kappa shape index (κ1) is 18.0. The van der Waals surface area contributed by atoms with Crippen LogP contribution in [0.1, 0.15) is 104 Å². The fourth-order valence-corrected chi connectivity index (χ4v) is 3.73. The van der Waals surface area contributed by atoms with Crippen molar-refractivity contribution in [1.29, 1.82) is 0 Å². The van der Waals surface area contributed by atoms with Crippen molar-refractivity contribution < 1.29 is 0 Å². The van der Waals surface area contributed by atoms with E-state index in [1.165, 1.54) is 83.5 Å². The summed E-state index contributed by atoms with van der Waals surface area (Å²) in [6, 6.07) is 1.52. The normalized spacial score (nSPS) is 18.6. The molecule has 1 heteroatoms. The molecule has 1 unspecified atom stereocenters. The van der Waals surface area contributed by atoms with Crippen molar-refractivity contribution in [1.82, 2.24) is 5.32 Å². The standard InChI is InChI=1S/C19H39N/c1-4-6-9-15-19(16-10-7-5-2)20-17(3)18-13-11-8-12-14-18/h17-20H,4-16H2,1-3H3. The summed E-state index contributed by atoms with van der Waals surface area (Å²) in [4.78, 5) is 0. The van der Waals surface area contributed by atoms with Crippen LogP contribution in [-0.2, 0) is 0 Å². The highest BCUT2D eigenvalue weighted by Crippen LogP contribution is 2.27. The minimum atomic E-state index is 0.739. The quantitative estimate of drug-likeness (QED) is 0.453. The molecule has 1 N–H and O–H groups in total. The van der Waals surface area contributed by atoms with E-state index < -0.39 is 0 Å². The van der Waals surface area contributed by atoms with E-state index in [9.17, 15) is 0 Å². The van der Waals surface area contributed by atoms with Gasteiger partial charge in [0.15, 0.2) is 0 Å². The second kappa shape index (κ2) is 11.6. The fourth-order valence-electron chi connectivity index (χ4n) is 3.73. The molecule has 1 saturated carbocycles. The van der Waals surface area contributed by atoms with Gasteiger partial charge in [-0.1, -0.05) is 71.6 Å². The number of nitrogens with one attached hydrogen (secondary N) is 1. The Hall–Kier alpha value is -0.0400. The lowest BCUT2D eigenvalue weighted by molar-refractivity contribution is 0.252. The van der Waals surface area contributed by atoms with Crippen LogP contribution in [0.2, 0.25) is 0 Å². The van der Waals surface area contributed by atoms with Gasteiger partial charge < -0.3 is 5.32 Å². The molecule has 0 aromatic carbocycles. The number of hydrogen-bond donors (Lipinski definition) is 1. The van der Waals surface area contributed by atoms with Gasteiger partial charge in [-0.15, -0.1) is 0 Å². The topological polar surface area (TPSA) is 12.0 Å². The molecule has 1 aliphatic rings. The second-order valence-electron chi connectivity index (χ2n) is 7.04. The largest absolute Gasteiger partial charge is 0.311 e. The zero-order valence-corrected chi connectivity index (χ0v) is 14.4. The average molecular weight is 282 g/mol. The Morgan fingerprint density at radius 1 is 0.850 bits per heavy atom. The molecule has 0 aromatic rings. The lowest BCUT2D eigenvalue weighted by Gasteiger charge is -2.32. The first-order valence-corrected chi connectivity index (χ1v) is 9.54. The number of hydrogen-bond acceptors (Lipinski definition) is 1. The monoisotopic (exact) mass is 281 g/mol. The molecule has 0 aromatic heterocycles. The Morgan fingerprint density at radius 3 is 1.90 bits per heavy atom. The van der Waals surface area contributed by atoms with Crippen LogP contribution in [0.15, 0.2) is 0 Å². The van der Waals surface area contributed by atoms with Gasteiger partial charge in [0, 0.05) is 12.1 Å². The minimum absolute atomic E-state index is 0.739. The molecule has 0 spiro atoms. The molecule has 0 heterocycles. The van der Waals surface area contributed by atoms with Crippen molar-refractivity contribution in [3.63, 3.8) is 0 Å².